The van der Waals surface area contributed by atoms with Gasteiger partial charge in [-0.25, -0.2) is 0 Å². The summed E-state index contributed by atoms with van der Waals surface area (Å²) in [7, 11) is 0. The van der Waals surface area contributed by atoms with Crippen LogP contribution in [0.1, 0.15) is 36.6 Å². The Bertz CT molecular complexity index is 889. The Morgan fingerprint density at radius 2 is 1.57 bits per heavy atom. The number of hydrogen-bond donors (Lipinski definition) is 0. The van der Waals surface area contributed by atoms with Crippen molar-refractivity contribution in [3.63, 3.8) is 0 Å². The van der Waals surface area contributed by atoms with Crippen LogP contribution in [0.5, 0.6) is 0 Å². The summed E-state index contributed by atoms with van der Waals surface area (Å²) in [5.74, 6) is -1.01. The van der Waals surface area contributed by atoms with Crippen LogP contribution >= 0.6 is 0 Å². The van der Waals surface area contributed by atoms with Gasteiger partial charge in [0.2, 0.25) is 0 Å². The predicted molar refractivity (Wildman–Crippen MR) is 106 cm³/mol. The van der Waals surface area contributed by atoms with Gasteiger partial charge < -0.3 is 14.4 Å². The van der Waals surface area contributed by atoms with Crippen LogP contribution in [-0.4, -0.2) is 31.7 Å². The molecule has 2 aromatic rings. The van der Waals surface area contributed by atoms with Gasteiger partial charge in [-0.1, -0.05) is 42.5 Å². The Hall–Kier alpha value is -2.82. The quantitative estimate of drug-likeness (QED) is 0.602. The van der Waals surface area contributed by atoms with E-state index in [0.29, 0.717) is 0 Å². The van der Waals surface area contributed by atoms with Crippen LogP contribution in [0.4, 0.5) is 5.69 Å². The van der Waals surface area contributed by atoms with Crippen LogP contribution in [-0.2, 0) is 31.9 Å². The van der Waals surface area contributed by atoms with Gasteiger partial charge in [0.1, 0.15) is 0 Å². The third kappa shape index (κ3) is 2.68. The number of ether oxygens (including phenoxy) is 2. The number of carbonyl (C=O) groups excluding carboxylic acids is 2. The molecule has 0 unspecified atom stereocenters. The third-order valence-corrected chi connectivity index (χ3v) is 5.80. The molecule has 0 radical (unpaired) electrons. The van der Waals surface area contributed by atoms with Crippen LogP contribution in [0.2, 0.25) is 0 Å². The van der Waals surface area contributed by atoms with E-state index in [1.807, 2.05) is 36.4 Å². The minimum Gasteiger partial charge on any atom is -0.465 e. The molecule has 28 heavy (non-hydrogen) atoms. The highest BCUT2D eigenvalue weighted by Gasteiger charge is 2.61. The largest absolute Gasteiger partial charge is 0.465 e. The van der Waals surface area contributed by atoms with E-state index in [0.717, 1.165) is 29.8 Å². The summed E-state index contributed by atoms with van der Waals surface area (Å²) in [5.41, 5.74) is 2.80. The fourth-order valence-electron chi connectivity index (χ4n) is 4.67. The molecule has 0 N–H and O–H groups in total. The van der Waals surface area contributed by atoms with Crippen molar-refractivity contribution in [2.24, 2.45) is 5.41 Å². The minimum absolute atomic E-state index is 0.218. The Morgan fingerprint density at radius 3 is 2.25 bits per heavy atom. The monoisotopic (exact) mass is 379 g/mol. The highest BCUT2D eigenvalue weighted by Crippen LogP contribution is 2.53. The van der Waals surface area contributed by atoms with Crippen molar-refractivity contribution in [3.05, 3.63) is 65.2 Å². The molecule has 2 aliphatic rings. The molecule has 0 aliphatic carbocycles. The molecular formula is C23H25NO4. The van der Waals surface area contributed by atoms with Crippen molar-refractivity contribution >= 4 is 17.6 Å². The number of carbonyl (C=O) groups is 2. The SMILES string of the molecule is CCOC(=O)C1(C(=O)OCC)Cc2ccccc2N2CCc3ccccc3[C@H]21. The fourth-order valence-corrected chi connectivity index (χ4v) is 4.67. The van der Waals surface area contributed by atoms with Crippen LogP contribution in [0.15, 0.2) is 48.5 Å². The molecule has 5 nitrogen and oxygen atoms in total. The second kappa shape index (κ2) is 7.30. The summed E-state index contributed by atoms with van der Waals surface area (Å²) < 4.78 is 10.9. The van der Waals surface area contributed by atoms with E-state index in [-0.39, 0.29) is 19.6 Å². The minimum atomic E-state index is -1.42. The molecule has 2 aliphatic heterocycles. The molecule has 2 aromatic carbocycles. The van der Waals surface area contributed by atoms with Gasteiger partial charge in [0.15, 0.2) is 5.41 Å². The van der Waals surface area contributed by atoms with Crippen LogP contribution < -0.4 is 4.90 Å². The summed E-state index contributed by atoms with van der Waals surface area (Å²) in [6.45, 7) is 4.70. The molecule has 0 spiro atoms. The van der Waals surface area contributed by atoms with Gasteiger partial charge in [-0.3, -0.25) is 9.59 Å². The molecule has 0 bridgehead atoms. The molecule has 1 atom stereocenters. The third-order valence-electron chi connectivity index (χ3n) is 5.80. The Morgan fingerprint density at radius 1 is 0.964 bits per heavy atom. The fraction of sp³-hybridized carbons (Fsp3) is 0.391. The molecule has 5 heteroatoms. The molecule has 0 saturated heterocycles. The second-order valence-electron chi connectivity index (χ2n) is 7.26. The lowest BCUT2D eigenvalue weighted by Gasteiger charge is -2.51. The van der Waals surface area contributed by atoms with Crippen molar-refractivity contribution in [2.75, 3.05) is 24.7 Å². The Kier molecular flexibility index (Phi) is 4.84. The number of fused-ring (bicyclic) bond motifs is 5. The number of nitrogens with zero attached hydrogens (tertiary/aromatic N) is 1. The lowest BCUT2D eigenvalue weighted by molar-refractivity contribution is -0.175. The van der Waals surface area contributed by atoms with E-state index in [9.17, 15) is 9.59 Å². The summed E-state index contributed by atoms with van der Waals surface area (Å²) in [6, 6.07) is 15.6. The van der Waals surface area contributed by atoms with Gasteiger partial charge in [0.25, 0.3) is 0 Å². The maximum absolute atomic E-state index is 13.4. The summed E-state index contributed by atoms with van der Waals surface area (Å²) >= 11 is 0. The topological polar surface area (TPSA) is 55.8 Å². The Labute approximate surface area is 165 Å². The normalized spacial score (nSPS) is 19.1. The predicted octanol–water partition coefficient (Wildman–Crippen LogP) is 3.46. The number of rotatable bonds is 4. The van der Waals surface area contributed by atoms with E-state index in [4.69, 9.17) is 9.47 Å². The van der Waals surface area contributed by atoms with E-state index in [1.54, 1.807) is 13.8 Å². The number of benzene rings is 2. The van der Waals surface area contributed by atoms with E-state index in [1.165, 1.54) is 5.56 Å². The van der Waals surface area contributed by atoms with Gasteiger partial charge in [-0.2, -0.15) is 0 Å². The number of para-hydroxylation sites is 1. The van der Waals surface area contributed by atoms with Gasteiger partial charge in [0, 0.05) is 18.7 Å². The molecule has 0 aromatic heterocycles. The van der Waals surface area contributed by atoms with E-state index >= 15 is 0 Å². The van der Waals surface area contributed by atoms with Crippen molar-refractivity contribution in [1.29, 1.82) is 0 Å². The average Bonchev–Trinajstić information content (AvgIpc) is 2.73. The maximum atomic E-state index is 13.4. The van der Waals surface area contributed by atoms with Gasteiger partial charge >= 0.3 is 11.9 Å². The van der Waals surface area contributed by atoms with Gasteiger partial charge in [-0.15, -0.1) is 0 Å². The van der Waals surface area contributed by atoms with Crippen molar-refractivity contribution in [2.45, 2.75) is 32.7 Å². The average molecular weight is 379 g/mol. The molecular weight excluding hydrogens is 354 g/mol. The van der Waals surface area contributed by atoms with Gasteiger partial charge in [0.05, 0.1) is 19.3 Å². The Balaban J connectivity index is 1.98. The molecule has 4 rings (SSSR count). The van der Waals surface area contributed by atoms with Crippen LogP contribution in [0, 0.1) is 5.41 Å². The zero-order chi connectivity index (χ0) is 19.7. The highest BCUT2D eigenvalue weighted by atomic mass is 16.6. The molecule has 146 valence electrons. The summed E-state index contributed by atoms with van der Waals surface area (Å²) in [4.78, 5) is 28.9. The summed E-state index contributed by atoms with van der Waals surface area (Å²) in [5, 5.41) is 0. The smallest absolute Gasteiger partial charge is 0.326 e. The van der Waals surface area contributed by atoms with E-state index in [2.05, 4.69) is 17.0 Å². The first-order valence-electron chi connectivity index (χ1n) is 9.90. The number of esters is 2. The molecule has 0 saturated carbocycles. The van der Waals surface area contributed by atoms with E-state index < -0.39 is 23.4 Å². The number of hydrogen-bond acceptors (Lipinski definition) is 5. The zero-order valence-electron chi connectivity index (χ0n) is 16.3. The number of anilines is 1. The first-order chi connectivity index (χ1) is 13.6. The van der Waals surface area contributed by atoms with Crippen molar-refractivity contribution < 1.29 is 19.1 Å². The second-order valence-corrected chi connectivity index (χ2v) is 7.26. The van der Waals surface area contributed by atoms with Crippen molar-refractivity contribution in [1.82, 2.24) is 0 Å². The summed E-state index contributed by atoms with van der Waals surface area (Å²) in [6.07, 6.45) is 1.14. The zero-order valence-corrected chi connectivity index (χ0v) is 16.3. The van der Waals surface area contributed by atoms with Crippen molar-refractivity contribution in [3.8, 4) is 0 Å². The first kappa shape index (κ1) is 18.5. The molecule has 0 fully saturated rings. The van der Waals surface area contributed by atoms with Gasteiger partial charge in [-0.05, 0) is 43.0 Å². The first-order valence-corrected chi connectivity index (χ1v) is 9.90. The lowest BCUT2D eigenvalue weighted by Crippen LogP contribution is -2.58. The standard InChI is InChI=1S/C23H25NO4/c1-3-27-21(25)23(22(26)28-4-2)15-17-10-6-8-12-19(17)24-14-13-16-9-5-7-11-18(16)20(23)24/h5-12,20H,3-4,13-15H2,1-2H3/t20-/m0/s1. The van der Waals surface area contributed by atoms with Crippen LogP contribution in [0.3, 0.4) is 0 Å². The van der Waals surface area contributed by atoms with Crippen LogP contribution in [0.25, 0.3) is 0 Å². The maximum Gasteiger partial charge on any atom is 0.326 e. The lowest BCUT2D eigenvalue weighted by atomic mass is 9.66. The molecule has 0 amide bonds. The highest BCUT2D eigenvalue weighted by molar-refractivity contribution is 6.03. The molecule has 2 heterocycles.